The number of furan rings is 1. The van der Waals surface area contributed by atoms with Crippen LogP contribution < -0.4 is 0 Å². The van der Waals surface area contributed by atoms with Crippen LogP contribution in [0.5, 0.6) is 0 Å². The summed E-state index contributed by atoms with van der Waals surface area (Å²) in [6.45, 7) is 7.37. The second-order valence-electron chi connectivity index (χ2n) is 5.28. The molecular weight excluding hydrogens is 268 g/mol. The van der Waals surface area contributed by atoms with Crippen molar-refractivity contribution in [2.45, 2.75) is 13.1 Å². The van der Waals surface area contributed by atoms with Crippen LogP contribution in [-0.2, 0) is 17.8 Å². The molecule has 0 bridgehead atoms. The van der Waals surface area contributed by atoms with Gasteiger partial charge in [-0.15, -0.1) is 0 Å². The van der Waals surface area contributed by atoms with Gasteiger partial charge in [-0.2, -0.15) is 0 Å². The highest BCUT2D eigenvalue weighted by Crippen LogP contribution is 2.09. The molecule has 1 aliphatic rings. The molecule has 0 spiro atoms. The lowest BCUT2D eigenvalue weighted by Crippen LogP contribution is -2.41. The van der Waals surface area contributed by atoms with Gasteiger partial charge in [-0.1, -0.05) is 0 Å². The van der Waals surface area contributed by atoms with Crippen LogP contribution in [0.3, 0.4) is 0 Å². The van der Waals surface area contributed by atoms with E-state index < -0.39 is 0 Å². The molecule has 1 fully saturated rings. The van der Waals surface area contributed by atoms with Crippen molar-refractivity contribution < 1.29 is 9.15 Å². The molecule has 2 aromatic rings. The van der Waals surface area contributed by atoms with Crippen LogP contribution in [0, 0.1) is 0 Å². The number of aromatic amines is 1. The number of nitrogens with one attached hydrogen (secondary N) is 1. The second kappa shape index (κ2) is 7.40. The number of rotatable bonds is 7. The van der Waals surface area contributed by atoms with Gasteiger partial charge >= 0.3 is 0 Å². The molecule has 21 heavy (non-hydrogen) atoms. The Balaban J connectivity index is 1.55. The van der Waals surface area contributed by atoms with Crippen molar-refractivity contribution in [1.29, 1.82) is 0 Å². The predicted molar refractivity (Wildman–Crippen MR) is 78.7 cm³/mol. The van der Waals surface area contributed by atoms with Gasteiger partial charge in [0, 0.05) is 38.6 Å². The van der Waals surface area contributed by atoms with Crippen LogP contribution >= 0.6 is 0 Å². The molecule has 0 aromatic carbocycles. The molecule has 0 atom stereocenters. The second-order valence-corrected chi connectivity index (χ2v) is 5.28. The van der Waals surface area contributed by atoms with E-state index in [2.05, 4.69) is 19.8 Å². The first-order valence-electron chi connectivity index (χ1n) is 7.43. The molecule has 1 N–H and O–H groups in total. The summed E-state index contributed by atoms with van der Waals surface area (Å²) in [5.41, 5.74) is 0. The molecule has 114 valence electrons. The standard InChI is InChI=1S/C15H22N4O2/c1-2-14(21-9-1)12-19(13-15-16-3-4-17-15)6-5-18-7-10-20-11-8-18/h1-4,9H,5-8,10-13H2,(H,16,17). The van der Waals surface area contributed by atoms with Crippen LogP contribution in [0.25, 0.3) is 0 Å². The lowest BCUT2D eigenvalue weighted by Gasteiger charge is -2.29. The minimum Gasteiger partial charge on any atom is -0.468 e. The molecule has 1 aliphatic heterocycles. The maximum Gasteiger partial charge on any atom is 0.120 e. The predicted octanol–water partition coefficient (Wildman–Crippen LogP) is 1.34. The molecule has 6 nitrogen and oxygen atoms in total. The Kier molecular flexibility index (Phi) is 5.04. The molecule has 3 heterocycles. The zero-order chi connectivity index (χ0) is 14.3. The van der Waals surface area contributed by atoms with Gasteiger partial charge in [0.25, 0.3) is 0 Å². The van der Waals surface area contributed by atoms with Crippen molar-refractivity contribution in [2.24, 2.45) is 0 Å². The molecule has 0 unspecified atom stereocenters. The van der Waals surface area contributed by atoms with Crippen LogP contribution in [0.4, 0.5) is 0 Å². The quantitative estimate of drug-likeness (QED) is 0.834. The minimum absolute atomic E-state index is 0.804. The maximum absolute atomic E-state index is 5.47. The number of hydrogen-bond acceptors (Lipinski definition) is 5. The van der Waals surface area contributed by atoms with E-state index in [0.29, 0.717) is 0 Å². The van der Waals surface area contributed by atoms with Gasteiger partial charge in [-0.25, -0.2) is 4.98 Å². The van der Waals surface area contributed by atoms with Gasteiger partial charge in [0.15, 0.2) is 0 Å². The van der Waals surface area contributed by atoms with Crippen molar-refractivity contribution in [2.75, 3.05) is 39.4 Å². The summed E-state index contributed by atoms with van der Waals surface area (Å²) < 4.78 is 10.9. The fourth-order valence-corrected chi connectivity index (χ4v) is 2.54. The third-order valence-electron chi connectivity index (χ3n) is 3.72. The summed E-state index contributed by atoms with van der Waals surface area (Å²) in [6, 6.07) is 3.95. The summed E-state index contributed by atoms with van der Waals surface area (Å²) >= 11 is 0. The smallest absolute Gasteiger partial charge is 0.120 e. The van der Waals surface area contributed by atoms with E-state index in [1.807, 2.05) is 18.3 Å². The molecule has 2 aromatic heterocycles. The van der Waals surface area contributed by atoms with E-state index in [4.69, 9.17) is 9.15 Å². The Labute approximate surface area is 124 Å². The average molecular weight is 290 g/mol. The highest BCUT2D eigenvalue weighted by molar-refractivity contribution is 4.98. The van der Waals surface area contributed by atoms with Crippen molar-refractivity contribution >= 4 is 0 Å². The molecule has 1 saturated heterocycles. The molecule has 3 rings (SSSR count). The summed E-state index contributed by atoms with van der Waals surface area (Å²) in [4.78, 5) is 12.3. The Morgan fingerprint density at radius 2 is 2.19 bits per heavy atom. The van der Waals surface area contributed by atoms with Gasteiger partial charge < -0.3 is 14.1 Å². The largest absolute Gasteiger partial charge is 0.468 e. The molecule has 0 aliphatic carbocycles. The van der Waals surface area contributed by atoms with Crippen LogP contribution in [0.2, 0.25) is 0 Å². The maximum atomic E-state index is 5.47. The fourth-order valence-electron chi connectivity index (χ4n) is 2.54. The number of ether oxygens (including phenoxy) is 1. The molecule has 0 amide bonds. The molecule has 0 radical (unpaired) electrons. The monoisotopic (exact) mass is 290 g/mol. The normalized spacial score (nSPS) is 16.6. The van der Waals surface area contributed by atoms with E-state index in [1.165, 1.54) is 0 Å². The van der Waals surface area contributed by atoms with Crippen molar-refractivity contribution in [3.05, 3.63) is 42.4 Å². The first-order valence-corrected chi connectivity index (χ1v) is 7.43. The number of nitrogens with zero attached hydrogens (tertiary/aromatic N) is 3. The molecule has 6 heteroatoms. The minimum atomic E-state index is 0.804. The number of H-pyrrole nitrogens is 1. The summed E-state index contributed by atoms with van der Waals surface area (Å²) in [5, 5.41) is 0. The molecule has 0 saturated carbocycles. The average Bonchev–Trinajstić information content (AvgIpc) is 3.20. The Bertz CT molecular complexity index is 455. The Morgan fingerprint density at radius 3 is 2.90 bits per heavy atom. The van der Waals surface area contributed by atoms with Crippen LogP contribution in [-0.4, -0.2) is 59.2 Å². The molecular formula is C15H22N4O2. The number of imidazole rings is 1. The zero-order valence-electron chi connectivity index (χ0n) is 12.2. The summed E-state index contributed by atoms with van der Waals surface area (Å²) in [7, 11) is 0. The highest BCUT2D eigenvalue weighted by Gasteiger charge is 2.14. The fraction of sp³-hybridized carbons (Fsp3) is 0.533. The van der Waals surface area contributed by atoms with Gasteiger partial charge in [-0.3, -0.25) is 9.80 Å². The lowest BCUT2D eigenvalue weighted by molar-refractivity contribution is 0.0320. The van der Waals surface area contributed by atoms with Crippen LogP contribution in [0.15, 0.2) is 35.2 Å². The summed E-state index contributed by atoms with van der Waals surface area (Å²) in [6.07, 6.45) is 5.38. The summed E-state index contributed by atoms with van der Waals surface area (Å²) in [5.74, 6) is 1.98. The van der Waals surface area contributed by atoms with E-state index in [0.717, 1.165) is 64.1 Å². The van der Waals surface area contributed by atoms with Gasteiger partial charge in [-0.05, 0) is 12.1 Å². The third-order valence-corrected chi connectivity index (χ3v) is 3.72. The Morgan fingerprint density at radius 1 is 1.29 bits per heavy atom. The SMILES string of the molecule is c1coc(CN(CCN2CCOCC2)Cc2ncc[nH]2)c1. The third kappa shape index (κ3) is 4.42. The van der Waals surface area contributed by atoms with Crippen molar-refractivity contribution in [3.63, 3.8) is 0 Å². The number of aromatic nitrogens is 2. The topological polar surface area (TPSA) is 57.5 Å². The highest BCUT2D eigenvalue weighted by atomic mass is 16.5. The van der Waals surface area contributed by atoms with Crippen molar-refractivity contribution in [3.8, 4) is 0 Å². The van der Waals surface area contributed by atoms with Crippen LogP contribution in [0.1, 0.15) is 11.6 Å². The van der Waals surface area contributed by atoms with Crippen molar-refractivity contribution in [1.82, 2.24) is 19.8 Å². The van der Waals surface area contributed by atoms with E-state index in [1.54, 1.807) is 12.5 Å². The van der Waals surface area contributed by atoms with E-state index in [-0.39, 0.29) is 0 Å². The zero-order valence-corrected chi connectivity index (χ0v) is 12.2. The number of morpholine rings is 1. The van der Waals surface area contributed by atoms with E-state index in [9.17, 15) is 0 Å². The van der Waals surface area contributed by atoms with Gasteiger partial charge in [0.05, 0.1) is 32.6 Å². The van der Waals surface area contributed by atoms with E-state index >= 15 is 0 Å². The van der Waals surface area contributed by atoms with Gasteiger partial charge in [0.1, 0.15) is 11.6 Å². The Hall–Kier alpha value is -1.63. The van der Waals surface area contributed by atoms with Gasteiger partial charge in [0.2, 0.25) is 0 Å². The first kappa shape index (κ1) is 14.3. The number of hydrogen-bond donors (Lipinski definition) is 1. The lowest BCUT2D eigenvalue weighted by atomic mass is 10.3. The first-order chi connectivity index (χ1) is 10.4.